The van der Waals surface area contributed by atoms with Crippen LogP contribution in [0.4, 0.5) is 5.69 Å². The first-order chi connectivity index (χ1) is 11.3. The summed E-state index contributed by atoms with van der Waals surface area (Å²) >= 11 is 5.89. The molecule has 0 saturated heterocycles. The molecular formula is C14H13ClN2O7. The number of carbonyl (C=O) groups is 4. The zero-order valence-corrected chi connectivity index (χ0v) is 12.9. The highest BCUT2D eigenvalue weighted by Gasteiger charge is 2.28. The van der Waals surface area contributed by atoms with Crippen molar-refractivity contribution >= 4 is 41.1 Å². The lowest BCUT2D eigenvalue weighted by molar-refractivity contribution is -0.147. The average Bonchev–Trinajstić information content (AvgIpc) is 2.46. The van der Waals surface area contributed by atoms with Crippen LogP contribution < -0.4 is 15.0 Å². The van der Waals surface area contributed by atoms with Crippen molar-refractivity contribution in [1.29, 1.82) is 0 Å². The van der Waals surface area contributed by atoms with Gasteiger partial charge in [-0.3, -0.25) is 9.59 Å². The standard InChI is InChI=1S/C14H13ClN2O7/c15-7-1-2-10-9(3-7)17(6-13(21)24-10)5-11(18)16-8(14(22)23)4-12(19)20/h1-3,8H,4-6H2,(H,16,18)(H,19,20)(H,22,23). The van der Waals surface area contributed by atoms with Gasteiger partial charge in [0.05, 0.1) is 18.7 Å². The quantitative estimate of drug-likeness (QED) is 0.483. The summed E-state index contributed by atoms with van der Waals surface area (Å²) in [5.41, 5.74) is 0.405. The summed E-state index contributed by atoms with van der Waals surface area (Å²) in [6, 6.07) is 2.93. The van der Waals surface area contributed by atoms with Crippen LogP contribution in [0, 0.1) is 0 Å². The van der Waals surface area contributed by atoms with Crippen LogP contribution in [0.25, 0.3) is 0 Å². The second kappa shape index (κ2) is 7.18. The van der Waals surface area contributed by atoms with E-state index in [0.29, 0.717) is 10.7 Å². The minimum atomic E-state index is -1.56. The van der Waals surface area contributed by atoms with Crippen molar-refractivity contribution in [3.63, 3.8) is 0 Å². The van der Waals surface area contributed by atoms with Gasteiger partial charge in [-0.2, -0.15) is 0 Å². The van der Waals surface area contributed by atoms with E-state index in [0.717, 1.165) is 0 Å². The fourth-order valence-electron chi connectivity index (χ4n) is 2.15. The number of aliphatic carboxylic acids is 2. The number of anilines is 1. The minimum Gasteiger partial charge on any atom is -0.481 e. The number of halogens is 1. The van der Waals surface area contributed by atoms with Crippen LogP contribution in [0.15, 0.2) is 18.2 Å². The molecule has 1 aromatic rings. The van der Waals surface area contributed by atoms with Crippen LogP contribution in [-0.2, 0) is 19.2 Å². The molecule has 0 aliphatic carbocycles. The van der Waals surface area contributed by atoms with Gasteiger partial charge in [-0.05, 0) is 18.2 Å². The average molecular weight is 357 g/mol. The van der Waals surface area contributed by atoms with Gasteiger partial charge in [0.25, 0.3) is 0 Å². The Labute approximate surface area is 140 Å². The van der Waals surface area contributed by atoms with Crippen LogP contribution in [-0.4, -0.2) is 53.2 Å². The van der Waals surface area contributed by atoms with E-state index in [1.165, 1.54) is 23.1 Å². The molecule has 0 bridgehead atoms. The highest BCUT2D eigenvalue weighted by molar-refractivity contribution is 6.31. The molecule has 0 saturated carbocycles. The smallest absolute Gasteiger partial charge is 0.331 e. The first-order valence-corrected chi connectivity index (χ1v) is 7.13. The molecule has 1 aliphatic heterocycles. The third-order valence-electron chi connectivity index (χ3n) is 3.15. The molecule has 1 aromatic carbocycles. The van der Waals surface area contributed by atoms with E-state index in [4.69, 9.17) is 26.6 Å². The molecule has 1 unspecified atom stereocenters. The largest absolute Gasteiger partial charge is 0.481 e. The number of ether oxygens (including phenoxy) is 1. The molecule has 9 nitrogen and oxygen atoms in total. The van der Waals surface area contributed by atoms with E-state index < -0.39 is 36.3 Å². The van der Waals surface area contributed by atoms with E-state index in [9.17, 15) is 19.2 Å². The van der Waals surface area contributed by atoms with Gasteiger partial charge in [0.15, 0.2) is 5.75 Å². The normalized spacial score (nSPS) is 14.4. The van der Waals surface area contributed by atoms with Crippen LogP contribution in [0.2, 0.25) is 5.02 Å². The summed E-state index contributed by atoms with van der Waals surface area (Å²) in [5.74, 6) is -3.93. The maximum atomic E-state index is 12.0. The Balaban J connectivity index is 2.11. The van der Waals surface area contributed by atoms with Crippen LogP contribution in [0.1, 0.15) is 6.42 Å². The molecule has 3 N–H and O–H groups in total. The number of carbonyl (C=O) groups excluding carboxylic acids is 2. The van der Waals surface area contributed by atoms with Gasteiger partial charge in [-0.25, -0.2) is 9.59 Å². The van der Waals surface area contributed by atoms with Crippen LogP contribution in [0.3, 0.4) is 0 Å². The molecule has 0 fully saturated rings. The number of carboxylic acids is 2. The molecule has 0 radical (unpaired) electrons. The van der Waals surface area contributed by atoms with Crippen molar-refractivity contribution < 1.29 is 34.1 Å². The molecule has 10 heteroatoms. The van der Waals surface area contributed by atoms with E-state index in [-0.39, 0.29) is 18.8 Å². The third kappa shape index (κ3) is 4.35. The van der Waals surface area contributed by atoms with E-state index in [1.54, 1.807) is 0 Å². The predicted molar refractivity (Wildman–Crippen MR) is 81.1 cm³/mol. The van der Waals surface area contributed by atoms with Crippen molar-refractivity contribution in [2.45, 2.75) is 12.5 Å². The molecule has 2 rings (SSSR count). The van der Waals surface area contributed by atoms with Gasteiger partial charge >= 0.3 is 17.9 Å². The summed E-state index contributed by atoms with van der Waals surface area (Å²) in [4.78, 5) is 46.6. The Morgan fingerprint density at radius 1 is 1.33 bits per heavy atom. The molecule has 1 aliphatic rings. The zero-order valence-electron chi connectivity index (χ0n) is 12.2. The molecule has 1 amide bonds. The van der Waals surface area contributed by atoms with Gasteiger partial charge < -0.3 is 25.2 Å². The van der Waals surface area contributed by atoms with Crippen molar-refractivity contribution in [2.75, 3.05) is 18.0 Å². The SMILES string of the molecule is O=C(O)CC(NC(=O)CN1CC(=O)Oc2ccc(Cl)cc21)C(=O)O. The van der Waals surface area contributed by atoms with Crippen molar-refractivity contribution in [3.8, 4) is 5.75 Å². The molecule has 128 valence electrons. The third-order valence-corrected chi connectivity index (χ3v) is 3.39. The Hall–Kier alpha value is -2.81. The molecule has 24 heavy (non-hydrogen) atoms. The number of esters is 1. The summed E-state index contributed by atoms with van der Waals surface area (Å²) in [6.07, 6.45) is -0.758. The zero-order chi connectivity index (χ0) is 17.9. The topological polar surface area (TPSA) is 133 Å². The number of amides is 1. The Morgan fingerprint density at radius 3 is 2.67 bits per heavy atom. The fourth-order valence-corrected chi connectivity index (χ4v) is 2.32. The second-order valence-electron chi connectivity index (χ2n) is 5.00. The van der Waals surface area contributed by atoms with Gasteiger partial charge in [-0.1, -0.05) is 11.6 Å². The Morgan fingerprint density at radius 2 is 2.04 bits per heavy atom. The number of benzene rings is 1. The van der Waals surface area contributed by atoms with Crippen molar-refractivity contribution in [1.82, 2.24) is 5.32 Å². The highest BCUT2D eigenvalue weighted by atomic mass is 35.5. The summed E-state index contributed by atoms with van der Waals surface area (Å²) in [5, 5.41) is 20.1. The number of rotatable bonds is 6. The number of hydrogen-bond donors (Lipinski definition) is 3. The van der Waals surface area contributed by atoms with Gasteiger partial charge in [-0.15, -0.1) is 0 Å². The summed E-state index contributed by atoms with van der Waals surface area (Å²) < 4.78 is 5.03. The maximum absolute atomic E-state index is 12.0. The number of fused-ring (bicyclic) bond motifs is 1. The molecule has 1 heterocycles. The minimum absolute atomic E-state index is 0.225. The summed E-state index contributed by atoms with van der Waals surface area (Å²) in [7, 11) is 0. The van der Waals surface area contributed by atoms with E-state index in [1.807, 2.05) is 0 Å². The number of nitrogens with zero attached hydrogens (tertiary/aromatic N) is 1. The van der Waals surface area contributed by atoms with Gasteiger partial charge in [0, 0.05) is 5.02 Å². The van der Waals surface area contributed by atoms with Crippen LogP contribution in [0.5, 0.6) is 5.75 Å². The number of nitrogens with one attached hydrogen (secondary N) is 1. The van der Waals surface area contributed by atoms with Gasteiger partial charge in [0.2, 0.25) is 5.91 Å². The maximum Gasteiger partial charge on any atom is 0.331 e. The monoisotopic (exact) mass is 356 g/mol. The number of carboxylic acid groups (broad SMARTS) is 2. The van der Waals surface area contributed by atoms with Crippen molar-refractivity contribution in [3.05, 3.63) is 23.2 Å². The highest BCUT2D eigenvalue weighted by Crippen LogP contribution is 2.34. The Kier molecular flexibility index (Phi) is 5.24. The lowest BCUT2D eigenvalue weighted by Crippen LogP contribution is -2.48. The van der Waals surface area contributed by atoms with E-state index in [2.05, 4.69) is 5.32 Å². The second-order valence-corrected chi connectivity index (χ2v) is 5.43. The number of hydrogen-bond acceptors (Lipinski definition) is 6. The Bertz CT molecular complexity index is 706. The lowest BCUT2D eigenvalue weighted by atomic mass is 10.2. The molecular weight excluding hydrogens is 344 g/mol. The first kappa shape index (κ1) is 17.5. The molecule has 0 spiro atoms. The lowest BCUT2D eigenvalue weighted by Gasteiger charge is -2.29. The van der Waals surface area contributed by atoms with E-state index >= 15 is 0 Å². The van der Waals surface area contributed by atoms with Gasteiger partial charge in [0.1, 0.15) is 12.6 Å². The summed E-state index contributed by atoms with van der Waals surface area (Å²) in [6.45, 7) is -0.580. The fraction of sp³-hybridized carbons (Fsp3) is 0.286. The predicted octanol–water partition coefficient (Wildman–Crippen LogP) is 0.110. The molecule has 0 aromatic heterocycles. The first-order valence-electron chi connectivity index (χ1n) is 6.75. The molecule has 1 atom stereocenters. The van der Waals surface area contributed by atoms with Crippen LogP contribution >= 0.6 is 11.6 Å². The van der Waals surface area contributed by atoms with Crippen molar-refractivity contribution in [2.24, 2.45) is 0 Å².